The third kappa shape index (κ3) is 3.94. The van der Waals surface area contributed by atoms with Crippen LogP contribution in [0.1, 0.15) is 37.0 Å². The van der Waals surface area contributed by atoms with E-state index in [1.807, 2.05) is 6.92 Å². The third-order valence-corrected chi connectivity index (χ3v) is 3.68. The number of amides is 1. The number of benzene rings is 1. The molecule has 0 aromatic heterocycles. The highest BCUT2D eigenvalue weighted by atomic mass is 79.9. The molecule has 0 bridgehead atoms. The highest BCUT2D eigenvalue weighted by Crippen LogP contribution is 2.23. The van der Waals surface area contributed by atoms with Crippen molar-refractivity contribution in [3.8, 4) is 0 Å². The predicted octanol–water partition coefficient (Wildman–Crippen LogP) is 3.48. The predicted molar refractivity (Wildman–Crippen MR) is 77.6 cm³/mol. The van der Waals surface area contributed by atoms with E-state index >= 15 is 0 Å². The van der Waals surface area contributed by atoms with Gasteiger partial charge in [0.1, 0.15) is 5.54 Å². The van der Waals surface area contributed by atoms with Crippen LogP contribution in [-0.4, -0.2) is 22.5 Å². The van der Waals surface area contributed by atoms with Crippen molar-refractivity contribution in [2.45, 2.75) is 32.2 Å². The molecule has 1 aromatic rings. The minimum Gasteiger partial charge on any atom is -0.480 e. The van der Waals surface area contributed by atoms with E-state index in [0.29, 0.717) is 27.9 Å². The van der Waals surface area contributed by atoms with E-state index in [1.54, 1.807) is 18.2 Å². The number of nitrogens with one attached hydrogen (secondary N) is 1. The van der Waals surface area contributed by atoms with Crippen molar-refractivity contribution in [3.63, 3.8) is 0 Å². The Morgan fingerprint density at radius 1 is 1.47 bits per heavy atom. The Kier molecular flexibility index (Phi) is 5.38. The lowest BCUT2D eigenvalue weighted by molar-refractivity contribution is -0.144. The van der Waals surface area contributed by atoms with Gasteiger partial charge in [-0.25, -0.2) is 4.79 Å². The second-order valence-corrected chi connectivity index (χ2v) is 5.76. The molecule has 0 saturated heterocycles. The molecule has 0 radical (unpaired) electrons. The van der Waals surface area contributed by atoms with Crippen LogP contribution in [0.25, 0.3) is 0 Å². The summed E-state index contributed by atoms with van der Waals surface area (Å²) in [6.07, 6.45) is 1.02. The van der Waals surface area contributed by atoms with Crippen LogP contribution in [0.4, 0.5) is 0 Å². The average molecular weight is 349 g/mol. The Balaban J connectivity index is 2.97. The van der Waals surface area contributed by atoms with Gasteiger partial charge in [-0.05, 0) is 47.5 Å². The summed E-state index contributed by atoms with van der Waals surface area (Å²) in [5, 5.41) is 12.3. The van der Waals surface area contributed by atoms with E-state index in [2.05, 4.69) is 21.2 Å². The van der Waals surface area contributed by atoms with E-state index < -0.39 is 17.4 Å². The summed E-state index contributed by atoms with van der Waals surface area (Å²) in [6.45, 7) is 3.37. The number of carboxylic acids is 1. The lowest BCUT2D eigenvalue weighted by Gasteiger charge is -2.26. The highest BCUT2D eigenvalue weighted by Gasteiger charge is 2.34. The summed E-state index contributed by atoms with van der Waals surface area (Å²) >= 11 is 9.04. The number of carbonyl (C=O) groups is 2. The molecule has 0 aliphatic rings. The van der Waals surface area contributed by atoms with Crippen molar-refractivity contribution in [1.82, 2.24) is 5.32 Å². The summed E-state index contributed by atoms with van der Waals surface area (Å²) < 4.78 is 0.529. The van der Waals surface area contributed by atoms with Crippen molar-refractivity contribution in [2.24, 2.45) is 0 Å². The molecule has 1 rings (SSSR count). The zero-order valence-corrected chi connectivity index (χ0v) is 13.0. The van der Waals surface area contributed by atoms with Crippen molar-refractivity contribution < 1.29 is 14.7 Å². The van der Waals surface area contributed by atoms with Crippen LogP contribution in [0.3, 0.4) is 0 Å². The van der Waals surface area contributed by atoms with Gasteiger partial charge in [-0.1, -0.05) is 24.9 Å². The molecule has 19 heavy (non-hydrogen) atoms. The van der Waals surface area contributed by atoms with Crippen LogP contribution >= 0.6 is 27.5 Å². The monoisotopic (exact) mass is 347 g/mol. The Bertz CT molecular complexity index is 507. The van der Waals surface area contributed by atoms with Gasteiger partial charge in [-0.15, -0.1) is 0 Å². The molecule has 1 amide bonds. The molecule has 0 aliphatic heterocycles. The summed E-state index contributed by atoms with van der Waals surface area (Å²) in [4.78, 5) is 23.4. The van der Waals surface area contributed by atoms with Crippen molar-refractivity contribution in [3.05, 3.63) is 33.3 Å². The maximum absolute atomic E-state index is 12.1. The van der Waals surface area contributed by atoms with Gasteiger partial charge >= 0.3 is 5.97 Å². The molecule has 1 unspecified atom stereocenters. The van der Waals surface area contributed by atoms with Gasteiger partial charge in [0.05, 0.1) is 5.56 Å². The van der Waals surface area contributed by atoms with E-state index in [4.69, 9.17) is 11.6 Å². The summed E-state index contributed by atoms with van der Waals surface area (Å²) in [7, 11) is 0. The topological polar surface area (TPSA) is 66.4 Å². The van der Waals surface area contributed by atoms with Crippen molar-refractivity contribution in [1.29, 1.82) is 0 Å². The Hall–Kier alpha value is -1.07. The Morgan fingerprint density at radius 3 is 2.58 bits per heavy atom. The maximum atomic E-state index is 12.1. The van der Waals surface area contributed by atoms with Gasteiger partial charge < -0.3 is 10.4 Å². The summed E-state index contributed by atoms with van der Waals surface area (Å²) in [6, 6.07) is 4.73. The van der Waals surface area contributed by atoms with Gasteiger partial charge in [0, 0.05) is 9.50 Å². The van der Waals surface area contributed by atoms with Crippen LogP contribution in [0.2, 0.25) is 5.02 Å². The molecule has 1 atom stereocenters. The summed E-state index contributed by atoms with van der Waals surface area (Å²) in [5.41, 5.74) is -0.918. The van der Waals surface area contributed by atoms with E-state index in [9.17, 15) is 14.7 Å². The molecule has 0 aliphatic carbocycles. The van der Waals surface area contributed by atoms with Crippen LogP contribution in [-0.2, 0) is 4.79 Å². The normalized spacial score (nSPS) is 13.7. The third-order valence-electron chi connectivity index (χ3n) is 2.79. The van der Waals surface area contributed by atoms with E-state index in [-0.39, 0.29) is 0 Å². The molecular formula is C13H15BrClNO3. The number of hydrogen-bond donors (Lipinski definition) is 2. The Morgan fingerprint density at radius 2 is 2.11 bits per heavy atom. The van der Waals surface area contributed by atoms with Crippen LogP contribution in [0.5, 0.6) is 0 Å². The first kappa shape index (κ1) is 16.0. The molecule has 104 valence electrons. The largest absolute Gasteiger partial charge is 0.480 e. The molecule has 0 fully saturated rings. The van der Waals surface area contributed by atoms with Gasteiger partial charge in [-0.2, -0.15) is 0 Å². The van der Waals surface area contributed by atoms with Gasteiger partial charge in [-0.3, -0.25) is 4.79 Å². The van der Waals surface area contributed by atoms with Crippen molar-refractivity contribution >= 4 is 39.4 Å². The lowest BCUT2D eigenvalue weighted by atomic mass is 9.96. The lowest BCUT2D eigenvalue weighted by Crippen LogP contribution is -2.52. The Labute approximate surface area is 125 Å². The number of halogens is 2. The van der Waals surface area contributed by atoms with Crippen molar-refractivity contribution in [2.75, 3.05) is 0 Å². The maximum Gasteiger partial charge on any atom is 0.329 e. The summed E-state index contributed by atoms with van der Waals surface area (Å²) in [5.74, 6) is -1.49. The molecule has 1 aromatic carbocycles. The second-order valence-electron chi connectivity index (χ2n) is 4.47. The first-order chi connectivity index (χ1) is 8.80. The molecule has 0 spiro atoms. The first-order valence-corrected chi connectivity index (χ1v) is 6.98. The minimum atomic E-state index is -1.27. The van der Waals surface area contributed by atoms with Crippen LogP contribution < -0.4 is 5.32 Å². The number of carbonyl (C=O) groups excluding carboxylic acids is 1. The molecule has 6 heteroatoms. The first-order valence-electron chi connectivity index (χ1n) is 5.81. The standard InChI is InChI=1S/C13H15BrClNO3/c1-3-6-13(2,12(18)19)16-11(17)9-5-4-8(15)7-10(9)14/h4-5,7H,3,6H2,1-2H3,(H,16,17)(H,18,19). The fourth-order valence-corrected chi connectivity index (χ4v) is 2.58. The van der Waals surface area contributed by atoms with E-state index in [0.717, 1.165) is 0 Å². The highest BCUT2D eigenvalue weighted by molar-refractivity contribution is 9.10. The molecule has 2 N–H and O–H groups in total. The minimum absolute atomic E-state index is 0.355. The number of aliphatic carboxylic acids is 1. The van der Waals surface area contributed by atoms with Crippen LogP contribution in [0.15, 0.2) is 22.7 Å². The number of hydrogen-bond acceptors (Lipinski definition) is 2. The SMILES string of the molecule is CCCC(C)(NC(=O)c1ccc(Cl)cc1Br)C(=O)O. The van der Waals surface area contributed by atoms with Gasteiger partial charge in [0.15, 0.2) is 0 Å². The molecule has 0 saturated carbocycles. The zero-order valence-electron chi connectivity index (χ0n) is 10.7. The molecule has 0 heterocycles. The number of carboxylic acid groups (broad SMARTS) is 1. The number of rotatable bonds is 5. The van der Waals surface area contributed by atoms with E-state index in [1.165, 1.54) is 6.92 Å². The zero-order chi connectivity index (χ0) is 14.6. The second kappa shape index (κ2) is 6.39. The fraction of sp³-hybridized carbons (Fsp3) is 0.385. The molecule has 4 nitrogen and oxygen atoms in total. The smallest absolute Gasteiger partial charge is 0.329 e. The van der Waals surface area contributed by atoms with Crippen LogP contribution in [0, 0.1) is 0 Å². The fourth-order valence-electron chi connectivity index (χ4n) is 1.71. The average Bonchev–Trinajstić information content (AvgIpc) is 2.28. The van der Waals surface area contributed by atoms with Gasteiger partial charge in [0.2, 0.25) is 0 Å². The van der Waals surface area contributed by atoms with Gasteiger partial charge in [0.25, 0.3) is 5.91 Å². The molecular weight excluding hydrogens is 334 g/mol. The quantitative estimate of drug-likeness (QED) is 0.856.